The third kappa shape index (κ3) is 3.81. The first kappa shape index (κ1) is 18.6. The Morgan fingerprint density at radius 2 is 1.89 bits per heavy atom. The van der Waals surface area contributed by atoms with Gasteiger partial charge < -0.3 is 20.1 Å². The van der Waals surface area contributed by atoms with E-state index in [1.807, 2.05) is 0 Å². The van der Waals surface area contributed by atoms with Crippen molar-refractivity contribution in [3.8, 4) is 5.75 Å². The fraction of sp³-hybridized carbons (Fsp3) is 0.222. The second-order valence-corrected chi connectivity index (χ2v) is 5.76. The van der Waals surface area contributed by atoms with E-state index in [2.05, 4.69) is 15.4 Å². The molecule has 0 aromatic heterocycles. The number of benzene rings is 2. The number of carbonyl (C=O) groups is 2. The zero-order valence-electron chi connectivity index (χ0n) is 14.1. The first-order valence-corrected chi connectivity index (χ1v) is 7.96. The van der Waals surface area contributed by atoms with Crippen molar-refractivity contribution in [2.45, 2.75) is 12.5 Å². The molecule has 1 atom stereocenters. The summed E-state index contributed by atoms with van der Waals surface area (Å²) < 4.78 is 49.9. The molecule has 0 fully saturated rings. The van der Waals surface area contributed by atoms with Gasteiger partial charge in [-0.25, -0.2) is 18.0 Å². The van der Waals surface area contributed by atoms with Crippen molar-refractivity contribution in [2.24, 2.45) is 0 Å². The summed E-state index contributed by atoms with van der Waals surface area (Å²) in [5, 5.41) is 4.95. The Morgan fingerprint density at radius 3 is 2.56 bits per heavy atom. The number of anilines is 1. The number of methoxy groups -OCH3 is 1. The Balaban J connectivity index is 1.88. The lowest BCUT2D eigenvalue weighted by Gasteiger charge is -2.27. The highest BCUT2D eigenvalue weighted by Crippen LogP contribution is 2.35. The zero-order valence-corrected chi connectivity index (χ0v) is 14.1. The molecule has 0 saturated heterocycles. The van der Waals surface area contributed by atoms with Crippen molar-refractivity contribution in [3.63, 3.8) is 0 Å². The summed E-state index contributed by atoms with van der Waals surface area (Å²) in [4.78, 5) is 24.0. The molecule has 142 valence electrons. The van der Waals surface area contributed by atoms with E-state index in [4.69, 9.17) is 4.74 Å². The Kier molecular flexibility index (Phi) is 5.20. The molecule has 0 aliphatic carbocycles. The summed E-state index contributed by atoms with van der Waals surface area (Å²) in [6, 6.07) is 5.66. The molecule has 2 N–H and O–H groups in total. The maximum atomic E-state index is 13.3. The van der Waals surface area contributed by atoms with Gasteiger partial charge in [-0.3, -0.25) is 4.79 Å². The molecule has 1 heterocycles. The highest BCUT2D eigenvalue weighted by molar-refractivity contribution is 6.06. The van der Waals surface area contributed by atoms with Gasteiger partial charge in [0.2, 0.25) is 0 Å². The predicted octanol–water partition coefficient (Wildman–Crippen LogP) is 3.54. The van der Waals surface area contributed by atoms with Gasteiger partial charge in [0, 0.05) is 29.8 Å². The Labute approximate surface area is 152 Å². The van der Waals surface area contributed by atoms with Crippen LogP contribution in [0.1, 0.15) is 28.4 Å². The summed E-state index contributed by atoms with van der Waals surface area (Å²) >= 11 is 0. The van der Waals surface area contributed by atoms with Crippen LogP contribution < -0.4 is 15.4 Å². The largest absolute Gasteiger partial charge is 0.492 e. The van der Waals surface area contributed by atoms with E-state index in [-0.39, 0.29) is 23.6 Å². The van der Waals surface area contributed by atoms with Gasteiger partial charge in [0.15, 0.2) is 17.5 Å². The van der Waals surface area contributed by atoms with Crippen molar-refractivity contribution >= 4 is 17.7 Å². The summed E-state index contributed by atoms with van der Waals surface area (Å²) in [5.41, 5.74) is 0.429. The normalized spacial score (nSPS) is 15.3. The average Bonchev–Trinajstić information content (AvgIpc) is 2.65. The van der Waals surface area contributed by atoms with Crippen LogP contribution in [-0.4, -0.2) is 25.7 Å². The molecule has 0 radical (unpaired) electrons. The maximum Gasteiger partial charge on any atom is 0.407 e. The van der Waals surface area contributed by atoms with Crippen LogP contribution in [0.5, 0.6) is 5.75 Å². The Morgan fingerprint density at radius 1 is 1.19 bits per heavy atom. The molecule has 2 amide bonds. The van der Waals surface area contributed by atoms with Crippen molar-refractivity contribution in [3.05, 3.63) is 58.9 Å². The number of hydrogen-bond donors (Lipinski definition) is 2. The van der Waals surface area contributed by atoms with Gasteiger partial charge in [0.1, 0.15) is 5.75 Å². The molecule has 2 aromatic rings. The van der Waals surface area contributed by atoms with Crippen LogP contribution in [0.2, 0.25) is 0 Å². The predicted molar refractivity (Wildman–Crippen MR) is 89.1 cm³/mol. The number of amides is 2. The van der Waals surface area contributed by atoms with Gasteiger partial charge in [0.05, 0.1) is 25.3 Å². The van der Waals surface area contributed by atoms with Crippen molar-refractivity contribution in [2.75, 3.05) is 19.0 Å². The van der Waals surface area contributed by atoms with E-state index in [1.165, 1.54) is 13.2 Å². The molecule has 0 spiro atoms. The van der Waals surface area contributed by atoms with Crippen LogP contribution >= 0.6 is 0 Å². The molecule has 6 nitrogen and oxygen atoms in total. The van der Waals surface area contributed by atoms with Crippen LogP contribution in [0.3, 0.4) is 0 Å². The van der Waals surface area contributed by atoms with Crippen molar-refractivity contribution in [1.29, 1.82) is 0 Å². The van der Waals surface area contributed by atoms with Gasteiger partial charge in [-0.2, -0.15) is 0 Å². The molecule has 1 aliphatic heterocycles. The number of ether oxygens (including phenoxy) is 2. The lowest BCUT2D eigenvalue weighted by atomic mass is 9.97. The minimum Gasteiger partial charge on any atom is -0.492 e. The van der Waals surface area contributed by atoms with Crippen LogP contribution in [-0.2, 0) is 4.74 Å². The SMILES string of the molecule is COC(=O)N[C@H]1CCOc2c(C(=O)Nc3cc(F)c(F)c(F)c3)cccc21. The van der Waals surface area contributed by atoms with E-state index < -0.39 is 35.5 Å². The van der Waals surface area contributed by atoms with E-state index >= 15 is 0 Å². The topological polar surface area (TPSA) is 76.7 Å². The summed E-state index contributed by atoms with van der Waals surface area (Å²) in [7, 11) is 1.24. The summed E-state index contributed by atoms with van der Waals surface area (Å²) in [6.45, 7) is 0.242. The number of alkyl carbamates (subject to hydrolysis) is 1. The maximum absolute atomic E-state index is 13.3. The molecule has 1 aliphatic rings. The molecule has 9 heteroatoms. The van der Waals surface area contributed by atoms with Crippen molar-refractivity contribution < 1.29 is 32.2 Å². The minimum absolute atomic E-state index is 0.106. The number of fused-ring (bicyclic) bond motifs is 1. The number of para-hydroxylation sites is 1. The lowest BCUT2D eigenvalue weighted by Crippen LogP contribution is -2.32. The second-order valence-electron chi connectivity index (χ2n) is 5.76. The van der Waals surface area contributed by atoms with Crippen LogP contribution in [0.15, 0.2) is 30.3 Å². The van der Waals surface area contributed by atoms with Crippen LogP contribution in [0.25, 0.3) is 0 Å². The molecule has 0 saturated carbocycles. The first-order chi connectivity index (χ1) is 12.9. The number of hydrogen-bond acceptors (Lipinski definition) is 4. The monoisotopic (exact) mass is 380 g/mol. The van der Waals surface area contributed by atoms with Crippen molar-refractivity contribution in [1.82, 2.24) is 5.32 Å². The fourth-order valence-corrected chi connectivity index (χ4v) is 2.78. The molecule has 3 rings (SSSR count). The number of halogens is 3. The molecule has 0 bridgehead atoms. The fourth-order valence-electron chi connectivity index (χ4n) is 2.78. The number of rotatable bonds is 3. The second kappa shape index (κ2) is 7.56. The molecule has 0 unspecified atom stereocenters. The molecule has 27 heavy (non-hydrogen) atoms. The van der Waals surface area contributed by atoms with E-state index in [0.29, 0.717) is 24.1 Å². The summed E-state index contributed by atoms with van der Waals surface area (Å²) in [5.74, 6) is -4.91. The van der Waals surface area contributed by atoms with Crippen LogP contribution in [0, 0.1) is 17.5 Å². The highest BCUT2D eigenvalue weighted by Gasteiger charge is 2.27. The third-order valence-electron chi connectivity index (χ3n) is 4.04. The molecular formula is C18H15F3N2O4. The smallest absolute Gasteiger partial charge is 0.407 e. The minimum atomic E-state index is -1.62. The number of carbonyl (C=O) groups excluding carboxylic acids is 2. The van der Waals surface area contributed by atoms with Gasteiger partial charge in [0.25, 0.3) is 5.91 Å². The number of nitrogens with one attached hydrogen (secondary N) is 2. The van der Waals surface area contributed by atoms with Gasteiger partial charge in [-0.15, -0.1) is 0 Å². The third-order valence-corrected chi connectivity index (χ3v) is 4.04. The van der Waals surface area contributed by atoms with E-state index in [9.17, 15) is 22.8 Å². The zero-order chi connectivity index (χ0) is 19.6. The quantitative estimate of drug-likeness (QED) is 0.799. The highest BCUT2D eigenvalue weighted by atomic mass is 19.2. The Hall–Kier alpha value is -3.23. The summed E-state index contributed by atoms with van der Waals surface area (Å²) in [6.07, 6.45) is -0.151. The van der Waals surface area contributed by atoms with Crippen LogP contribution in [0.4, 0.5) is 23.7 Å². The average molecular weight is 380 g/mol. The first-order valence-electron chi connectivity index (χ1n) is 7.96. The van der Waals surface area contributed by atoms with Gasteiger partial charge >= 0.3 is 6.09 Å². The molecular weight excluding hydrogens is 365 g/mol. The standard InChI is InChI=1S/C18H15F3N2O4/c1-26-18(25)23-14-5-6-27-16-10(14)3-2-4-11(16)17(24)22-9-7-12(19)15(21)13(20)8-9/h2-4,7-8,14H,5-6H2,1H3,(H,22,24)(H,23,25)/t14-/m0/s1. The van der Waals surface area contributed by atoms with Gasteiger partial charge in [-0.05, 0) is 6.07 Å². The van der Waals surface area contributed by atoms with Gasteiger partial charge in [-0.1, -0.05) is 12.1 Å². The Bertz CT molecular complexity index is 881. The molecule has 2 aromatic carbocycles. The van der Waals surface area contributed by atoms with E-state index in [1.54, 1.807) is 12.1 Å². The lowest BCUT2D eigenvalue weighted by molar-refractivity contribution is 0.102. The van der Waals surface area contributed by atoms with E-state index in [0.717, 1.165) is 0 Å².